The van der Waals surface area contributed by atoms with Crippen LogP contribution < -0.4 is 14.8 Å². The molecule has 2 aliphatic heterocycles. The third-order valence-electron chi connectivity index (χ3n) is 7.02. The Bertz CT molecular complexity index is 1040. The van der Waals surface area contributed by atoms with Crippen LogP contribution in [0, 0.1) is 5.92 Å². The average molecular weight is 450 g/mol. The van der Waals surface area contributed by atoms with Gasteiger partial charge in [-0.2, -0.15) is 0 Å². The van der Waals surface area contributed by atoms with Crippen LogP contribution >= 0.6 is 0 Å². The summed E-state index contributed by atoms with van der Waals surface area (Å²) in [7, 11) is 3.27. The highest BCUT2D eigenvalue weighted by Gasteiger charge is 2.40. The van der Waals surface area contributed by atoms with Crippen LogP contribution in [0.5, 0.6) is 11.5 Å². The molecule has 0 radical (unpaired) electrons. The van der Waals surface area contributed by atoms with Crippen LogP contribution in [0.25, 0.3) is 0 Å². The molecule has 2 aromatic carbocycles. The average Bonchev–Trinajstić information content (AvgIpc) is 3.63. The monoisotopic (exact) mass is 449 g/mol. The fraction of sp³-hybridized carbons (Fsp3) is 0.462. The van der Waals surface area contributed by atoms with Gasteiger partial charge in [0.2, 0.25) is 5.91 Å². The lowest BCUT2D eigenvalue weighted by Gasteiger charge is -2.38. The summed E-state index contributed by atoms with van der Waals surface area (Å²) in [6, 6.07) is 14.2. The number of amides is 3. The van der Waals surface area contributed by atoms with Gasteiger partial charge in [-0.3, -0.25) is 4.79 Å². The van der Waals surface area contributed by atoms with Gasteiger partial charge in [-0.1, -0.05) is 30.3 Å². The summed E-state index contributed by atoms with van der Waals surface area (Å²) >= 11 is 0. The number of likely N-dealkylation sites (tertiary alicyclic amines) is 1. The maximum Gasteiger partial charge on any atom is 0.318 e. The molecule has 1 N–H and O–H groups in total. The molecule has 1 aliphatic carbocycles. The molecule has 174 valence electrons. The van der Waals surface area contributed by atoms with E-state index in [-0.39, 0.29) is 23.9 Å². The largest absolute Gasteiger partial charge is 0.493 e. The normalized spacial score (nSPS) is 22.2. The Kier molecular flexibility index (Phi) is 5.87. The molecular weight excluding hydrogens is 418 g/mol. The Labute approximate surface area is 194 Å². The van der Waals surface area contributed by atoms with Crippen molar-refractivity contribution in [3.8, 4) is 11.5 Å². The van der Waals surface area contributed by atoms with Crippen molar-refractivity contribution in [1.29, 1.82) is 0 Å². The van der Waals surface area contributed by atoms with Crippen LogP contribution in [0.4, 0.5) is 4.79 Å². The molecule has 2 unspecified atom stereocenters. The number of carbonyl (C=O) groups is 2. The fourth-order valence-corrected chi connectivity index (χ4v) is 5.18. The molecule has 7 heteroatoms. The second kappa shape index (κ2) is 8.96. The Morgan fingerprint density at radius 1 is 1.09 bits per heavy atom. The molecule has 1 saturated heterocycles. The van der Waals surface area contributed by atoms with Crippen LogP contribution in [0.3, 0.4) is 0 Å². The number of urea groups is 1. The van der Waals surface area contributed by atoms with Crippen LogP contribution in [0.1, 0.15) is 42.0 Å². The van der Waals surface area contributed by atoms with Crippen LogP contribution in [-0.2, 0) is 11.2 Å². The first-order valence-electron chi connectivity index (χ1n) is 11.7. The highest BCUT2D eigenvalue weighted by Crippen LogP contribution is 2.41. The number of benzene rings is 2. The molecule has 0 spiro atoms. The number of fused-ring (bicyclic) bond motifs is 1. The third kappa shape index (κ3) is 4.24. The number of nitrogens with one attached hydrogen (secondary N) is 1. The molecule has 2 aromatic rings. The smallest absolute Gasteiger partial charge is 0.318 e. The molecular formula is C26H31N3O4. The molecule has 2 fully saturated rings. The Morgan fingerprint density at radius 2 is 1.82 bits per heavy atom. The molecule has 33 heavy (non-hydrogen) atoms. The molecule has 3 aliphatic rings. The molecule has 1 saturated carbocycles. The minimum atomic E-state index is -0.220. The van der Waals surface area contributed by atoms with E-state index in [0.29, 0.717) is 37.1 Å². The van der Waals surface area contributed by atoms with E-state index in [1.54, 1.807) is 14.2 Å². The van der Waals surface area contributed by atoms with E-state index in [4.69, 9.17) is 9.47 Å². The van der Waals surface area contributed by atoms with E-state index in [1.165, 1.54) is 0 Å². The summed E-state index contributed by atoms with van der Waals surface area (Å²) in [5, 5.41) is 3.13. The van der Waals surface area contributed by atoms with Crippen LogP contribution in [0.2, 0.25) is 0 Å². The quantitative estimate of drug-likeness (QED) is 0.734. The standard InChI is InChI=1S/C26H31N3O4/c1-32-22-13-19-10-11-28(25(18-6-4-3-5-7-18)21(19)14-23(22)33-2)26(31)27-15-17-12-24(30)29(16-17)20-8-9-20/h3-7,13-14,17,20,25H,8-12,15-16H2,1-2H3,(H,27,31). The minimum absolute atomic E-state index is 0.0957. The van der Waals surface area contributed by atoms with Gasteiger partial charge in [-0.25, -0.2) is 4.79 Å². The van der Waals surface area contributed by atoms with Gasteiger partial charge in [0.25, 0.3) is 0 Å². The predicted octanol–water partition coefficient (Wildman–Crippen LogP) is 3.37. The molecule has 2 heterocycles. The van der Waals surface area contributed by atoms with E-state index in [0.717, 1.165) is 42.5 Å². The second-order valence-corrected chi connectivity index (χ2v) is 9.20. The zero-order chi connectivity index (χ0) is 22.9. The summed E-state index contributed by atoms with van der Waals surface area (Å²) in [6.45, 7) is 1.88. The summed E-state index contributed by atoms with van der Waals surface area (Å²) < 4.78 is 11.1. The van der Waals surface area contributed by atoms with Gasteiger partial charge in [0.05, 0.1) is 20.3 Å². The number of hydrogen-bond donors (Lipinski definition) is 1. The number of rotatable bonds is 6. The number of methoxy groups -OCH3 is 2. The molecule has 3 amide bonds. The summed E-state index contributed by atoms with van der Waals surface area (Å²) in [5.74, 6) is 1.77. The highest BCUT2D eigenvalue weighted by atomic mass is 16.5. The van der Waals surface area contributed by atoms with E-state index >= 15 is 0 Å². The Hall–Kier alpha value is -3.22. The van der Waals surface area contributed by atoms with Gasteiger partial charge in [-0.05, 0) is 48.1 Å². The van der Waals surface area contributed by atoms with Crippen molar-refractivity contribution >= 4 is 11.9 Å². The van der Waals surface area contributed by atoms with Gasteiger partial charge in [0.15, 0.2) is 11.5 Å². The maximum atomic E-state index is 13.4. The zero-order valence-electron chi connectivity index (χ0n) is 19.3. The van der Waals surface area contributed by atoms with E-state index in [2.05, 4.69) is 17.4 Å². The van der Waals surface area contributed by atoms with Crippen LogP contribution in [0.15, 0.2) is 42.5 Å². The zero-order valence-corrected chi connectivity index (χ0v) is 19.3. The lowest BCUT2D eigenvalue weighted by molar-refractivity contribution is -0.128. The van der Waals surface area contributed by atoms with Crippen molar-refractivity contribution in [3.63, 3.8) is 0 Å². The first-order chi connectivity index (χ1) is 16.1. The molecule has 0 bridgehead atoms. The van der Waals surface area contributed by atoms with E-state index in [1.807, 2.05) is 40.1 Å². The molecule has 0 aromatic heterocycles. The number of nitrogens with zero attached hydrogens (tertiary/aromatic N) is 2. The topological polar surface area (TPSA) is 71.1 Å². The van der Waals surface area contributed by atoms with Gasteiger partial charge in [0.1, 0.15) is 0 Å². The SMILES string of the molecule is COc1cc2c(cc1OC)C(c1ccccc1)N(C(=O)NCC1CC(=O)N(C3CC3)C1)CC2. The third-order valence-corrected chi connectivity index (χ3v) is 7.02. The van der Waals surface area contributed by atoms with Crippen molar-refractivity contribution in [1.82, 2.24) is 15.1 Å². The maximum absolute atomic E-state index is 13.4. The van der Waals surface area contributed by atoms with Crippen molar-refractivity contribution < 1.29 is 19.1 Å². The van der Waals surface area contributed by atoms with Gasteiger partial charge >= 0.3 is 6.03 Å². The minimum Gasteiger partial charge on any atom is -0.493 e. The molecule has 2 atom stereocenters. The first kappa shape index (κ1) is 21.6. The van der Waals surface area contributed by atoms with Gasteiger partial charge in [0, 0.05) is 38.0 Å². The Balaban J connectivity index is 1.37. The van der Waals surface area contributed by atoms with Crippen molar-refractivity contribution in [3.05, 3.63) is 59.2 Å². The van der Waals surface area contributed by atoms with E-state index in [9.17, 15) is 9.59 Å². The number of carbonyl (C=O) groups excluding carboxylic acids is 2. The molecule has 5 rings (SSSR count). The van der Waals surface area contributed by atoms with Gasteiger partial charge < -0.3 is 24.6 Å². The highest BCUT2D eigenvalue weighted by molar-refractivity contribution is 5.80. The summed E-state index contributed by atoms with van der Waals surface area (Å²) in [4.78, 5) is 29.6. The fourth-order valence-electron chi connectivity index (χ4n) is 5.18. The van der Waals surface area contributed by atoms with Gasteiger partial charge in [-0.15, -0.1) is 0 Å². The molecule has 7 nitrogen and oxygen atoms in total. The number of ether oxygens (including phenoxy) is 2. The van der Waals surface area contributed by atoms with E-state index < -0.39 is 0 Å². The van der Waals surface area contributed by atoms with Crippen molar-refractivity contribution in [2.75, 3.05) is 33.9 Å². The summed E-state index contributed by atoms with van der Waals surface area (Å²) in [6.07, 6.45) is 3.50. The second-order valence-electron chi connectivity index (χ2n) is 9.20. The predicted molar refractivity (Wildman–Crippen MR) is 124 cm³/mol. The summed E-state index contributed by atoms with van der Waals surface area (Å²) in [5.41, 5.74) is 3.26. The number of hydrogen-bond acceptors (Lipinski definition) is 4. The van der Waals surface area contributed by atoms with Crippen LogP contribution in [-0.4, -0.2) is 61.6 Å². The Morgan fingerprint density at radius 3 is 2.52 bits per heavy atom. The first-order valence-corrected chi connectivity index (χ1v) is 11.7. The lowest BCUT2D eigenvalue weighted by Crippen LogP contribution is -2.47. The lowest BCUT2D eigenvalue weighted by atomic mass is 9.88. The van der Waals surface area contributed by atoms with Crippen molar-refractivity contribution in [2.45, 2.75) is 37.8 Å². The van der Waals surface area contributed by atoms with Crippen molar-refractivity contribution in [2.24, 2.45) is 5.92 Å².